The van der Waals surface area contributed by atoms with Gasteiger partial charge in [-0.25, -0.2) is 4.79 Å². The standard InChI is InChI=1S/C16H15N3O2/c1-19(10-12-4-2-11(9-17)3-5-12)15-7-6-13(16(20)21)8-14(15)18/h2-8H,10,18H2,1H3,(H,20,21). The molecule has 0 saturated carbocycles. The van der Waals surface area contributed by atoms with E-state index in [1.807, 2.05) is 24.1 Å². The zero-order chi connectivity index (χ0) is 15.4. The van der Waals surface area contributed by atoms with Crippen molar-refractivity contribution in [2.75, 3.05) is 17.7 Å². The Balaban J connectivity index is 2.18. The minimum Gasteiger partial charge on any atom is -0.478 e. The summed E-state index contributed by atoms with van der Waals surface area (Å²) in [6, 6.07) is 14.1. The van der Waals surface area contributed by atoms with Crippen LogP contribution in [0.3, 0.4) is 0 Å². The summed E-state index contributed by atoms with van der Waals surface area (Å²) in [6.07, 6.45) is 0. The van der Waals surface area contributed by atoms with Crippen LogP contribution in [0.5, 0.6) is 0 Å². The molecular weight excluding hydrogens is 266 g/mol. The molecule has 5 nitrogen and oxygen atoms in total. The van der Waals surface area contributed by atoms with E-state index in [9.17, 15) is 4.79 Å². The number of nitrogens with two attached hydrogens (primary N) is 1. The van der Waals surface area contributed by atoms with Gasteiger partial charge in [0, 0.05) is 13.6 Å². The van der Waals surface area contributed by atoms with Gasteiger partial charge >= 0.3 is 5.97 Å². The number of nitrogens with zero attached hydrogens (tertiary/aromatic N) is 2. The number of carbonyl (C=O) groups is 1. The molecule has 0 aromatic heterocycles. The van der Waals surface area contributed by atoms with E-state index in [1.54, 1.807) is 18.2 Å². The van der Waals surface area contributed by atoms with E-state index in [1.165, 1.54) is 12.1 Å². The molecule has 0 radical (unpaired) electrons. The van der Waals surface area contributed by atoms with Crippen molar-refractivity contribution >= 4 is 17.3 Å². The Kier molecular flexibility index (Phi) is 4.10. The maximum absolute atomic E-state index is 10.9. The number of carboxylic acids is 1. The molecule has 0 aliphatic rings. The number of benzene rings is 2. The van der Waals surface area contributed by atoms with Crippen molar-refractivity contribution in [1.29, 1.82) is 5.26 Å². The summed E-state index contributed by atoms with van der Waals surface area (Å²) in [5.74, 6) is -0.997. The fourth-order valence-corrected chi connectivity index (χ4v) is 2.08. The molecule has 0 aliphatic carbocycles. The van der Waals surface area contributed by atoms with Crippen LogP contribution in [-0.2, 0) is 6.54 Å². The smallest absolute Gasteiger partial charge is 0.335 e. The van der Waals surface area contributed by atoms with Crippen molar-refractivity contribution in [2.45, 2.75) is 6.54 Å². The van der Waals surface area contributed by atoms with Crippen molar-refractivity contribution < 1.29 is 9.90 Å². The Labute approximate surface area is 122 Å². The van der Waals surface area contributed by atoms with Crippen molar-refractivity contribution in [1.82, 2.24) is 0 Å². The summed E-state index contributed by atoms with van der Waals surface area (Å²) >= 11 is 0. The van der Waals surface area contributed by atoms with Gasteiger partial charge in [-0.1, -0.05) is 12.1 Å². The minimum absolute atomic E-state index is 0.169. The first kappa shape index (κ1) is 14.4. The van der Waals surface area contributed by atoms with Gasteiger partial charge in [0.05, 0.1) is 28.6 Å². The maximum Gasteiger partial charge on any atom is 0.335 e. The highest BCUT2D eigenvalue weighted by Gasteiger charge is 2.10. The topological polar surface area (TPSA) is 90.3 Å². The highest BCUT2D eigenvalue weighted by atomic mass is 16.4. The summed E-state index contributed by atoms with van der Waals surface area (Å²) < 4.78 is 0. The quantitative estimate of drug-likeness (QED) is 0.840. The minimum atomic E-state index is -0.997. The Bertz CT molecular complexity index is 702. The van der Waals surface area contributed by atoms with Crippen molar-refractivity contribution in [3.05, 3.63) is 59.2 Å². The van der Waals surface area contributed by atoms with Crippen LogP contribution in [-0.4, -0.2) is 18.1 Å². The van der Waals surface area contributed by atoms with Gasteiger partial charge < -0.3 is 15.7 Å². The molecule has 0 unspecified atom stereocenters. The van der Waals surface area contributed by atoms with E-state index in [2.05, 4.69) is 6.07 Å². The number of carboxylic acid groups (broad SMARTS) is 1. The predicted octanol–water partition coefficient (Wildman–Crippen LogP) is 2.48. The number of nitriles is 1. The monoisotopic (exact) mass is 281 g/mol. The predicted molar refractivity (Wildman–Crippen MR) is 81.1 cm³/mol. The Hall–Kier alpha value is -3.00. The molecule has 5 heteroatoms. The maximum atomic E-state index is 10.9. The largest absolute Gasteiger partial charge is 0.478 e. The van der Waals surface area contributed by atoms with Gasteiger partial charge in [0.1, 0.15) is 0 Å². The van der Waals surface area contributed by atoms with Gasteiger partial charge in [-0.3, -0.25) is 0 Å². The number of anilines is 2. The molecule has 0 saturated heterocycles. The van der Waals surface area contributed by atoms with Crippen LogP contribution in [0.15, 0.2) is 42.5 Å². The van der Waals surface area contributed by atoms with Gasteiger partial charge in [-0.15, -0.1) is 0 Å². The summed E-state index contributed by atoms with van der Waals surface area (Å²) in [4.78, 5) is 12.8. The highest BCUT2D eigenvalue weighted by Crippen LogP contribution is 2.24. The SMILES string of the molecule is CN(Cc1ccc(C#N)cc1)c1ccc(C(=O)O)cc1N. The van der Waals surface area contributed by atoms with Crippen LogP contribution in [0, 0.1) is 11.3 Å². The van der Waals surface area contributed by atoms with Crippen molar-refractivity contribution in [3.63, 3.8) is 0 Å². The molecule has 106 valence electrons. The van der Waals surface area contributed by atoms with Gasteiger partial charge in [0.15, 0.2) is 0 Å². The van der Waals surface area contributed by atoms with Gasteiger partial charge in [-0.05, 0) is 35.9 Å². The van der Waals surface area contributed by atoms with Crippen LogP contribution in [0.25, 0.3) is 0 Å². The number of hydrogen-bond acceptors (Lipinski definition) is 4. The highest BCUT2D eigenvalue weighted by molar-refractivity contribution is 5.90. The van der Waals surface area contributed by atoms with E-state index in [0.717, 1.165) is 11.3 Å². The number of aromatic carboxylic acids is 1. The zero-order valence-corrected chi connectivity index (χ0v) is 11.6. The van der Waals surface area contributed by atoms with Crippen LogP contribution >= 0.6 is 0 Å². The van der Waals surface area contributed by atoms with E-state index >= 15 is 0 Å². The Morgan fingerprint density at radius 2 is 1.95 bits per heavy atom. The second-order valence-corrected chi connectivity index (χ2v) is 4.74. The van der Waals surface area contributed by atoms with Crippen LogP contribution in [0.4, 0.5) is 11.4 Å². The summed E-state index contributed by atoms with van der Waals surface area (Å²) in [6.45, 7) is 0.613. The van der Waals surface area contributed by atoms with E-state index < -0.39 is 5.97 Å². The van der Waals surface area contributed by atoms with Crippen molar-refractivity contribution in [2.24, 2.45) is 0 Å². The lowest BCUT2D eigenvalue weighted by atomic mass is 10.1. The first-order valence-corrected chi connectivity index (χ1v) is 6.34. The zero-order valence-electron chi connectivity index (χ0n) is 11.6. The first-order valence-electron chi connectivity index (χ1n) is 6.34. The third kappa shape index (κ3) is 3.31. The summed E-state index contributed by atoms with van der Waals surface area (Å²) in [5.41, 5.74) is 8.93. The second-order valence-electron chi connectivity index (χ2n) is 4.74. The molecule has 0 atom stereocenters. The average molecular weight is 281 g/mol. The van der Waals surface area contributed by atoms with Crippen molar-refractivity contribution in [3.8, 4) is 6.07 Å². The molecule has 2 rings (SSSR count). The number of rotatable bonds is 4. The number of hydrogen-bond donors (Lipinski definition) is 2. The molecule has 0 amide bonds. The van der Waals surface area contributed by atoms with E-state index in [-0.39, 0.29) is 5.56 Å². The lowest BCUT2D eigenvalue weighted by Gasteiger charge is -2.21. The Morgan fingerprint density at radius 3 is 2.48 bits per heavy atom. The van der Waals surface area contributed by atoms with Gasteiger partial charge in [0.2, 0.25) is 0 Å². The van der Waals surface area contributed by atoms with E-state index in [0.29, 0.717) is 17.8 Å². The second kappa shape index (κ2) is 5.97. The molecule has 0 spiro atoms. The third-order valence-corrected chi connectivity index (χ3v) is 3.19. The number of nitrogen functional groups attached to an aromatic ring is 1. The van der Waals surface area contributed by atoms with Gasteiger partial charge in [-0.2, -0.15) is 5.26 Å². The fourth-order valence-electron chi connectivity index (χ4n) is 2.08. The molecule has 0 aliphatic heterocycles. The lowest BCUT2D eigenvalue weighted by molar-refractivity contribution is 0.0697. The summed E-state index contributed by atoms with van der Waals surface area (Å²) in [7, 11) is 1.88. The molecule has 3 N–H and O–H groups in total. The third-order valence-electron chi connectivity index (χ3n) is 3.19. The van der Waals surface area contributed by atoms with Crippen LogP contribution < -0.4 is 10.6 Å². The fraction of sp³-hybridized carbons (Fsp3) is 0.125. The molecule has 21 heavy (non-hydrogen) atoms. The first-order chi connectivity index (χ1) is 10.0. The lowest BCUT2D eigenvalue weighted by Crippen LogP contribution is -2.18. The van der Waals surface area contributed by atoms with E-state index in [4.69, 9.17) is 16.1 Å². The van der Waals surface area contributed by atoms with Crippen LogP contribution in [0.2, 0.25) is 0 Å². The average Bonchev–Trinajstić information content (AvgIpc) is 2.47. The Morgan fingerprint density at radius 1 is 1.29 bits per heavy atom. The molecular formula is C16H15N3O2. The summed E-state index contributed by atoms with van der Waals surface area (Å²) in [5, 5.41) is 17.7. The molecule has 0 fully saturated rings. The molecule has 0 bridgehead atoms. The normalized spacial score (nSPS) is 9.90. The molecule has 0 heterocycles. The molecule has 2 aromatic carbocycles. The van der Waals surface area contributed by atoms with Gasteiger partial charge in [0.25, 0.3) is 0 Å². The molecule has 2 aromatic rings. The van der Waals surface area contributed by atoms with Crippen LogP contribution in [0.1, 0.15) is 21.5 Å².